The smallest absolute Gasteiger partial charge is 0.262 e. The molecule has 16 heavy (non-hydrogen) atoms. The van der Waals surface area contributed by atoms with E-state index in [0.29, 0.717) is 17.0 Å². The quantitative estimate of drug-likeness (QED) is 0.523. The SMILES string of the molecule is C=CCNC(=O)/C(C#N)=C\c1ccc(Br)o1. The highest BCUT2D eigenvalue weighted by Gasteiger charge is 2.08. The first kappa shape index (κ1) is 12.3. The molecule has 0 saturated heterocycles. The van der Waals surface area contributed by atoms with Crippen molar-refractivity contribution in [3.05, 3.63) is 40.8 Å². The van der Waals surface area contributed by atoms with Crippen LogP contribution in [0.5, 0.6) is 0 Å². The van der Waals surface area contributed by atoms with Crippen LogP contribution in [0.3, 0.4) is 0 Å². The van der Waals surface area contributed by atoms with Crippen molar-refractivity contribution in [2.75, 3.05) is 6.54 Å². The van der Waals surface area contributed by atoms with Crippen molar-refractivity contribution in [2.24, 2.45) is 0 Å². The molecule has 0 saturated carbocycles. The molecular weight excluding hydrogens is 272 g/mol. The average molecular weight is 281 g/mol. The second-order valence-corrected chi connectivity index (χ2v) is 3.59. The Bertz CT molecular complexity index is 469. The lowest BCUT2D eigenvalue weighted by molar-refractivity contribution is -0.116. The molecule has 1 rings (SSSR count). The Labute approximate surface area is 101 Å². The second-order valence-electron chi connectivity index (χ2n) is 2.81. The number of carbonyl (C=O) groups is 1. The summed E-state index contributed by atoms with van der Waals surface area (Å²) in [6.07, 6.45) is 2.92. The van der Waals surface area contributed by atoms with Crippen LogP contribution in [0.2, 0.25) is 0 Å². The number of halogens is 1. The van der Waals surface area contributed by atoms with Crippen molar-refractivity contribution in [3.63, 3.8) is 0 Å². The Balaban J connectivity index is 2.82. The molecule has 0 aliphatic rings. The minimum atomic E-state index is -0.449. The van der Waals surface area contributed by atoms with Crippen molar-refractivity contribution in [1.29, 1.82) is 5.26 Å². The molecule has 0 aliphatic carbocycles. The largest absolute Gasteiger partial charge is 0.450 e. The van der Waals surface area contributed by atoms with Crippen LogP contribution in [0.25, 0.3) is 6.08 Å². The van der Waals surface area contributed by atoms with E-state index in [9.17, 15) is 4.79 Å². The van der Waals surface area contributed by atoms with Crippen molar-refractivity contribution in [2.45, 2.75) is 0 Å². The molecule has 0 aliphatic heterocycles. The molecule has 0 fully saturated rings. The van der Waals surface area contributed by atoms with Crippen LogP contribution in [0.1, 0.15) is 5.76 Å². The van der Waals surface area contributed by atoms with E-state index in [1.165, 1.54) is 12.2 Å². The van der Waals surface area contributed by atoms with Gasteiger partial charge < -0.3 is 9.73 Å². The molecule has 0 atom stereocenters. The van der Waals surface area contributed by atoms with Gasteiger partial charge in [0.1, 0.15) is 17.4 Å². The first-order valence-corrected chi connectivity index (χ1v) is 5.23. The van der Waals surface area contributed by atoms with Crippen LogP contribution < -0.4 is 5.32 Å². The van der Waals surface area contributed by atoms with Crippen LogP contribution in [-0.2, 0) is 4.79 Å². The lowest BCUT2D eigenvalue weighted by Crippen LogP contribution is -2.24. The molecular formula is C11H9BrN2O2. The Kier molecular flexibility index (Phi) is 4.55. The fourth-order valence-electron chi connectivity index (χ4n) is 0.957. The van der Waals surface area contributed by atoms with Gasteiger partial charge in [-0.3, -0.25) is 4.79 Å². The van der Waals surface area contributed by atoms with Gasteiger partial charge in [0, 0.05) is 12.6 Å². The summed E-state index contributed by atoms with van der Waals surface area (Å²) < 4.78 is 5.70. The predicted octanol–water partition coefficient (Wildman–Crippen LogP) is 2.25. The Morgan fingerprint density at radius 1 is 1.69 bits per heavy atom. The molecule has 1 heterocycles. The standard InChI is InChI=1S/C11H9BrN2O2/c1-2-5-14-11(15)8(7-13)6-9-3-4-10(12)16-9/h2-4,6H,1,5H2,(H,14,15)/b8-6-. The first-order chi connectivity index (χ1) is 7.67. The first-order valence-electron chi connectivity index (χ1n) is 4.43. The third-order valence-corrected chi connectivity index (χ3v) is 2.08. The molecule has 5 heteroatoms. The zero-order chi connectivity index (χ0) is 12.0. The number of furan rings is 1. The molecule has 1 aromatic heterocycles. The maximum atomic E-state index is 11.4. The van der Waals surface area contributed by atoms with Crippen molar-refractivity contribution >= 4 is 27.9 Å². The van der Waals surface area contributed by atoms with E-state index in [1.807, 2.05) is 6.07 Å². The Hall–Kier alpha value is -1.80. The second kappa shape index (κ2) is 5.93. The number of carbonyl (C=O) groups excluding carboxylic acids is 1. The van der Waals surface area contributed by atoms with E-state index in [2.05, 4.69) is 27.8 Å². The van der Waals surface area contributed by atoms with Gasteiger partial charge in [-0.05, 0) is 28.1 Å². The van der Waals surface area contributed by atoms with E-state index < -0.39 is 5.91 Å². The van der Waals surface area contributed by atoms with Gasteiger partial charge in [-0.15, -0.1) is 6.58 Å². The molecule has 0 radical (unpaired) electrons. The highest BCUT2D eigenvalue weighted by Crippen LogP contribution is 2.16. The van der Waals surface area contributed by atoms with Gasteiger partial charge in [-0.1, -0.05) is 6.08 Å². The number of nitriles is 1. The maximum Gasteiger partial charge on any atom is 0.262 e. The van der Waals surface area contributed by atoms with Gasteiger partial charge in [0.25, 0.3) is 5.91 Å². The topological polar surface area (TPSA) is 66.0 Å². The van der Waals surface area contributed by atoms with E-state index in [1.54, 1.807) is 12.1 Å². The van der Waals surface area contributed by atoms with Gasteiger partial charge in [0.2, 0.25) is 0 Å². The number of nitrogens with one attached hydrogen (secondary N) is 1. The highest BCUT2D eigenvalue weighted by molar-refractivity contribution is 9.10. The molecule has 1 amide bonds. The third kappa shape index (κ3) is 3.41. The van der Waals surface area contributed by atoms with Gasteiger partial charge in [-0.2, -0.15) is 5.26 Å². The number of amides is 1. The summed E-state index contributed by atoms with van der Waals surface area (Å²) in [5.74, 6) is -0.00731. The fraction of sp³-hybridized carbons (Fsp3) is 0.0909. The van der Waals surface area contributed by atoms with Crippen molar-refractivity contribution in [1.82, 2.24) is 5.32 Å². The Morgan fingerprint density at radius 3 is 2.94 bits per heavy atom. The summed E-state index contributed by atoms with van der Waals surface area (Å²) in [4.78, 5) is 11.4. The van der Waals surface area contributed by atoms with Crippen LogP contribution >= 0.6 is 15.9 Å². The molecule has 1 N–H and O–H groups in total. The van der Waals surface area contributed by atoms with Gasteiger partial charge >= 0.3 is 0 Å². The summed E-state index contributed by atoms with van der Waals surface area (Å²) in [7, 11) is 0. The summed E-state index contributed by atoms with van der Waals surface area (Å²) >= 11 is 3.13. The normalized spacial score (nSPS) is 10.6. The average Bonchev–Trinajstić information content (AvgIpc) is 2.68. The minimum Gasteiger partial charge on any atom is -0.450 e. The molecule has 0 unspecified atom stereocenters. The number of hydrogen-bond donors (Lipinski definition) is 1. The van der Waals surface area contributed by atoms with Crippen LogP contribution in [0, 0.1) is 11.3 Å². The van der Waals surface area contributed by atoms with E-state index in [0.717, 1.165) is 0 Å². The molecule has 0 bridgehead atoms. The van der Waals surface area contributed by atoms with Gasteiger partial charge in [0.15, 0.2) is 4.67 Å². The van der Waals surface area contributed by atoms with E-state index in [4.69, 9.17) is 9.68 Å². The zero-order valence-electron chi connectivity index (χ0n) is 8.37. The molecule has 4 nitrogen and oxygen atoms in total. The number of rotatable bonds is 4. The van der Waals surface area contributed by atoms with Crippen LogP contribution in [0.15, 0.2) is 39.4 Å². The monoisotopic (exact) mass is 280 g/mol. The van der Waals surface area contributed by atoms with Crippen molar-refractivity contribution in [3.8, 4) is 6.07 Å². The molecule has 1 aromatic rings. The molecule has 0 aromatic carbocycles. The lowest BCUT2D eigenvalue weighted by atomic mass is 10.2. The number of nitrogens with zero attached hydrogens (tertiary/aromatic N) is 1. The van der Waals surface area contributed by atoms with Crippen molar-refractivity contribution < 1.29 is 9.21 Å². The van der Waals surface area contributed by atoms with Crippen LogP contribution in [0.4, 0.5) is 0 Å². The van der Waals surface area contributed by atoms with E-state index in [-0.39, 0.29) is 5.57 Å². The zero-order valence-corrected chi connectivity index (χ0v) is 9.95. The summed E-state index contributed by atoms with van der Waals surface area (Å²) in [6.45, 7) is 3.78. The summed E-state index contributed by atoms with van der Waals surface area (Å²) in [6, 6.07) is 5.15. The highest BCUT2D eigenvalue weighted by atomic mass is 79.9. The molecule has 0 spiro atoms. The van der Waals surface area contributed by atoms with Gasteiger partial charge in [0.05, 0.1) is 0 Å². The summed E-state index contributed by atoms with van der Waals surface area (Å²) in [5, 5.41) is 11.3. The van der Waals surface area contributed by atoms with Crippen LogP contribution in [-0.4, -0.2) is 12.5 Å². The Morgan fingerprint density at radius 2 is 2.44 bits per heavy atom. The molecule has 82 valence electrons. The maximum absolute atomic E-state index is 11.4. The van der Waals surface area contributed by atoms with E-state index >= 15 is 0 Å². The predicted molar refractivity (Wildman–Crippen MR) is 63.2 cm³/mol. The number of hydrogen-bond acceptors (Lipinski definition) is 3. The lowest BCUT2D eigenvalue weighted by Gasteiger charge is -1.98. The third-order valence-electron chi connectivity index (χ3n) is 1.65. The minimum absolute atomic E-state index is 0.0105. The van der Waals surface area contributed by atoms with Gasteiger partial charge in [-0.25, -0.2) is 0 Å². The summed E-state index contributed by atoms with van der Waals surface area (Å²) in [5.41, 5.74) is -0.0105. The fourth-order valence-corrected chi connectivity index (χ4v) is 1.28.